The first kappa shape index (κ1) is 24.8. The van der Waals surface area contributed by atoms with Gasteiger partial charge in [0.1, 0.15) is 17.5 Å². The van der Waals surface area contributed by atoms with Gasteiger partial charge in [-0.1, -0.05) is 0 Å². The molecule has 0 amide bonds. The summed E-state index contributed by atoms with van der Waals surface area (Å²) in [5.41, 5.74) is 1.02. The van der Waals surface area contributed by atoms with E-state index < -0.39 is 11.6 Å². The van der Waals surface area contributed by atoms with Crippen molar-refractivity contribution in [3.8, 4) is 11.1 Å². The van der Waals surface area contributed by atoms with E-state index in [-0.39, 0.29) is 22.8 Å². The van der Waals surface area contributed by atoms with Gasteiger partial charge in [0.2, 0.25) is 0 Å². The fourth-order valence-electron chi connectivity index (χ4n) is 4.74. The number of aromatic nitrogens is 1. The first-order valence-electron chi connectivity index (χ1n) is 12.2. The SMILES string of the molecule is COC[C@@H](C)NC1CCC(Nc2cc(-c3cc(NCC4(OC)CC4)ccc3F)c(F)cn2)CC1. The molecule has 1 aromatic heterocycles. The molecule has 1 atom stereocenters. The molecule has 1 aromatic carbocycles. The van der Waals surface area contributed by atoms with Crippen LogP contribution in [0.1, 0.15) is 45.4 Å². The summed E-state index contributed by atoms with van der Waals surface area (Å²) < 4.78 is 40.1. The van der Waals surface area contributed by atoms with Gasteiger partial charge < -0.3 is 25.4 Å². The van der Waals surface area contributed by atoms with Gasteiger partial charge in [0.25, 0.3) is 0 Å². The molecule has 34 heavy (non-hydrogen) atoms. The average molecular weight is 475 g/mol. The third kappa shape index (κ3) is 6.23. The summed E-state index contributed by atoms with van der Waals surface area (Å²) in [5, 5.41) is 10.3. The van der Waals surface area contributed by atoms with Gasteiger partial charge in [-0.3, -0.25) is 0 Å². The maximum Gasteiger partial charge on any atom is 0.149 e. The maximum atomic E-state index is 14.7. The first-order chi connectivity index (χ1) is 16.4. The second kappa shape index (κ2) is 11.0. The fourth-order valence-corrected chi connectivity index (χ4v) is 4.74. The Morgan fingerprint density at radius 1 is 1.03 bits per heavy atom. The van der Waals surface area contributed by atoms with Gasteiger partial charge in [0.15, 0.2) is 0 Å². The van der Waals surface area contributed by atoms with Crippen LogP contribution in [0.2, 0.25) is 0 Å². The third-order valence-corrected chi connectivity index (χ3v) is 6.98. The van der Waals surface area contributed by atoms with Crippen molar-refractivity contribution in [1.82, 2.24) is 10.3 Å². The van der Waals surface area contributed by atoms with Crippen molar-refractivity contribution < 1.29 is 18.3 Å². The molecule has 0 spiro atoms. The highest BCUT2D eigenvalue weighted by Crippen LogP contribution is 2.39. The summed E-state index contributed by atoms with van der Waals surface area (Å²) in [5.74, 6) is -0.446. The van der Waals surface area contributed by atoms with Crippen LogP contribution in [0.15, 0.2) is 30.5 Å². The minimum Gasteiger partial charge on any atom is -0.383 e. The molecule has 4 rings (SSSR count). The Labute approximate surface area is 200 Å². The summed E-state index contributed by atoms with van der Waals surface area (Å²) in [6.07, 6.45) is 7.24. The van der Waals surface area contributed by atoms with E-state index in [1.165, 1.54) is 12.3 Å². The molecule has 0 unspecified atom stereocenters. The monoisotopic (exact) mass is 474 g/mol. The van der Waals surface area contributed by atoms with Gasteiger partial charge in [-0.15, -0.1) is 0 Å². The Morgan fingerprint density at radius 2 is 1.74 bits per heavy atom. The van der Waals surface area contributed by atoms with Gasteiger partial charge in [-0.05, 0) is 69.7 Å². The zero-order valence-corrected chi connectivity index (χ0v) is 20.3. The number of nitrogens with zero attached hydrogens (tertiary/aromatic N) is 1. The standard InChI is InChI=1S/C26H36F2N4O2/c1-17(15-33-2)31-18-4-6-19(7-5-18)32-25-13-22(24(28)14-29-25)21-12-20(8-9-23(21)27)30-16-26(34-3)10-11-26/h8-9,12-14,17-19,30-31H,4-7,10-11,15-16H2,1-3H3,(H,29,32)/t17-,18?,19?/m1/s1. The van der Waals surface area contributed by atoms with Crippen molar-refractivity contribution in [2.75, 3.05) is 38.0 Å². The molecule has 0 aliphatic heterocycles. The number of ether oxygens (including phenoxy) is 2. The number of rotatable bonds is 11. The quantitative estimate of drug-likeness (QED) is 0.428. The lowest BCUT2D eigenvalue weighted by Gasteiger charge is -2.31. The highest BCUT2D eigenvalue weighted by atomic mass is 19.1. The lowest BCUT2D eigenvalue weighted by molar-refractivity contribution is 0.0914. The number of halogens is 2. The van der Waals surface area contributed by atoms with E-state index in [1.807, 2.05) is 0 Å². The summed E-state index contributed by atoms with van der Waals surface area (Å²) in [6.45, 7) is 3.46. The molecule has 0 saturated heterocycles. The van der Waals surface area contributed by atoms with Crippen LogP contribution in [-0.2, 0) is 9.47 Å². The van der Waals surface area contributed by atoms with Crippen LogP contribution >= 0.6 is 0 Å². The Kier molecular flexibility index (Phi) is 8.01. The molecule has 0 bridgehead atoms. The molecule has 0 radical (unpaired) electrons. The number of nitrogens with one attached hydrogen (secondary N) is 3. The highest BCUT2D eigenvalue weighted by Gasteiger charge is 2.42. The zero-order valence-electron chi connectivity index (χ0n) is 20.3. The zero-order chi connectivity index (χ0) is 24.1. The number of anilines is 2. The van der Waals surface area contributed by atoms with Crippen LogP contribution < -0.4 is 16.0 Å². The van der Waals surface area contributed by atoms with E-state index in [0.717, 1.165) is 44.2 Å². The van der Waals surface area contributed by atoms with E-state index in [2.05, 4.69) is 27.9 Å². The minimum absolute atomic E-state index is 0.135. The van der Waals surface area contributed by atoms with E-state index in [9.17, 15) is 8.78 Å². The van der Waals surface area contributed by atoms with Crippen LogP contribution in [0.25, 0.3) is 11.1 Å². The van der Waals surface area contributed by atoms with Gasteiger partial charge in [-0.2, -0.15) is 0 Å². The number of methoxy groups -OCH3 is 2. The van der Waals surface area contributed by atoms with Gasteiger partial charge in [0, 0.05) is 55.7 Å². The highest BCUT2D eigenvalue weighted by molar-refractivity contribution is 5.71. The van der Waals surface area contributed by atoms with Crippen LogP contribution in [0, 0.1) is 11.6 Å². The van der Waals surface area contributed by atoms with Gasteiger partial charge in [0.05, 0.1) is 18.4 Å². The Morgan fingerprint density at radius 3 is 2.41 bits per heavy atom. The van der Waals surface area contributed by atoms with Gasteiger partial charge >= 0.3 is 0 Å². The molecule has 8 heteroatoms. The third-order valence-electron chi connectivity index (χ3n) is 6.98. The lowest BCUT2D eigenvalue weighted by Crippen LogP contribution is -2.42. The van der Waals surface area contributed by atoms with E-state index in [0.29, 0.717) is 31.1 Å². The first-order valence-corrected chi connectivity index (χ1v) is 12.2. The molecule has 1 heterocycles. The molecular formula is C26H36F2N4O2. The topological polar surface area (TPSA) is 67.4 Å². The van der Waals surface area contributed by atoms with Crippen LogP contribution in [-0.4, -0.2) is 56.1 Å². The van der Waals surface area contributed by atoms with Crippen LogP contribution in [0.5, 0.6) is 0 Å². The molecule has 3 N–H and O–H groups in total. The summed E-state index contributed by atoms with van der Waals surface area (Å²) in [4.78, 5) is 4.22. The van der Waals surface area contributed by atoms with E-state index >= 15 is 0 Å². The normalized spacial score (nSPS) is 22.3. The molecular weight excluding hydrogens is 438 g/mol. The lowest BCUT2D eigenvalue weighted by atomic mass is 9.90. The molecule has 2 fully saturated rings. The van der Waals surface area contributed by atoms with Crippen molar-refractivity contribution in [2.24, 2.45) is 0 Å². The predicted octanol–water partition coefficient (Wildman–Crippen LogP) is 4.97. The Hall–Kier alpha value is -2.29. The molecule has 2 aromatic rings. The molecule has 2 saturated carbocycles. The minimum atomic E-state index is -0.544. The number of hydrogen-bond donors (Lipinski definition) is 3. The smallest absolute Gasteiger partial charge is 0.149 e. The summed E-state index contributed by atoms with van der Waals surface area (Å²) in [6, 6.07) is 7.35. The van der Waals surface area contributed by atoms with Crippen molar-refractivity contribution in [3.05, 3.63) is 42.1 Å². The number of benzene rings is 1. The second-order valence-corrected chi connectivity index (χ2v) is 9.70. The maximum absolute atomic E-state index is 14.7. The molecule has 186 valence electrons. The van der Waals surface area contributed by atoms with Crippen molar-refractivity contribution in [2.45, 2.75) is 69.2 Å². The van der Waals surface area contributed by atoms with Crippen LogP contribution in [0.4, 0.5) is 20.3 Å². The number of pyridine rings is 1. The van der Waals surface area contributed by atoms with Crippen molar-refractivity contribution in [1.29, 1.82) is 0 Å². The molecule has 6 nitrogen and oxygen atoms in total. The Balaban J connectivity index is 1.40. The second-order valence-electron chi connectivity index (χ2n) is 9.70. The Bertz CT molecular complexity index is 962. The van der Waals surface area contributed by atoms with E-state index in [4.69, 9.17) is 9.47 Å². The largest absolute Gasteiger partial charge is 0.383 e. The number of hydrogen-bond acceptors (Lipinski definition) is 6. The van der Waals surface area contributed by atoms with Crippen molar-refractivity contribution in [3.63, 3.8) is 0 Å². The average Bonchev–Trinajstić information content (AvgIpc) is 3.62. The van der Waals surface area contributed by atoms with Crippen molar-refractivity contribution >= 4 is 11.5 Å². The molecule has 2 aliphatic rings. The fraction of sp³-hybridized carbons (Fsp3) is 0.577. The van der Waals surface area contributed by atoms with Gasteiger partial charge in [-0.25, -0.2) is 13.8 Å². The predicted molar refractivity (Wildman–Crippen MR) is 131 cm³/mol. The molecule has 2 aliphatic carbocycles. The van der Waals surface area contributed by atoms with Crippen LogP contribution in [0.3, 0.4) is 0 Å². The van der Waals surface area contributed by atoms with E-state index in [1.54, 1.807) is 32.4 Å². The summed E-state index contributed by atoms with van der Waals surface area (Å²) >= 11 is 0. The summed E-state index contributed by atoms with van der Waals surface area (Å²) in [7, 11) is 3.42.